The van der Waals surface area contributed by atoms with Gasteiger partial charge in [-0.1, -0.05) is 35.9 Å². The number of aromatic nitrogens is 3. The Morgan fingerprint density at radius 3 is 2.60 bits per heavy atom. The number of hydrogen-bond acceptors (Lipinski definition) is 5. The molecule has 2 aromatic heterocycles. The van der Waals surface area contributed by atoms with Crippen LogP contribution in [0.5, 0.6) is 0 Å². The fourth-order valence-corrected chi connectivity index (χ4v) is 3.37. The van der Waals surface area contributed by atoms with Gasteiger partial charge in [0.05, 0.1) is 0 Å². The average molecular weight is 403 g/mol. The van der Waals surface area contributed by atoms with E-state index in [0.29, 0.717) is 0 Å². The number of rotatable bonds is 9. The second kappa shape index (κ2) is 9.98. The van der Waals surface area contributed by atoms with Crippen molar-refractivity contribution in [2.45, 2.75) is 20.8 Å². The summed E-state index contributed by atoms with van der Waals surface area (Å²) in [6.45, 7) is 12.5. The molecule has 0 spiro atoms. The van der Waals surface area contributed by atoms with Crippen molar-refractivity contribution in [2.75, 3.05) is 31.6 Å². The molecule has 156 valence electrons. The quantitative estimate of drug-likeness (QED) is 0.422. The van der Waals surface area contributed by atoms with Crippen LogP contribution in [0.3, 0.4) is 0 Å². The summed E-state index contributed by atoms with van der Waals surface area (Å²) in [5, 5.41) is 3.21. The molecule has 0 fully saturated rings. The van der Waals surface area contributed by atoms with Gasteiger partial charge < -0.3 is 10.2 Å². The first-order chi connectivity index (χ1) is 14.6. The molecule has 0 aliphatic rings. The van der Waals surface area contributed by atoms with Gasteiger partial charge >= 0.3 is 0 Å². The van der Waals surface area contributed by atoms with Crippen LogP contribution in [0.25, 0.3) is 28.2 Å². The Bertz CT molecular complexity index is 1060. The van der Waals surface area contributed by atoms with Gasteiger partial charge in [-0.15, -0.1) is 0 Å². The van der Waals surface area contributed by atoms with Gasteiger partial charge in [-0.25, -0.2) is 9.97 Å². The highest BCUT2D eigenvalue weighted by Crippen LogP contribution is 2.29. The zero-order valence-electron chi connectivity index (χ0n) is 18.3. The van der Waals surface area contributed by atoms with E-state index >= 15 is 0 Å². The molecule has 3 aromatic rings. The lowest BCUT2D eigenvalue weighted by Crippen LogP contribution is -2.31. The number of allylic oxidation sites excluding steroid dienone is 3. The number of nitrogens with zero attached hydrogens (tertiary/aromatic N) is 5. The minimum absolute atomic E-state index is 0.827. The number of hydrogen-bond donors (Lipinski definition) is 1. The van der Waals surface area contributed by atoms with Crippen molar-refractivity contribution in [1.82, 2.24) is 19.9 Å². The summed E-state index contributed by atoms with van der Waals surface area (Å²) in [5.74, 6) is 1.80. The van der Waals surface area contributed by atoms with Crippen molar-refractivity contribution < 1.29 is 0 Å². The summed E-state index contributed by atoms with van der Waals surface area (Å²) in [7, 11) is 1.96. The summed E-state index contributed by atoms with van der Waals surface area (Å²) in [6.07, 6.45) is 5.65. The SMILES string of the molecule is C=N/C=C\C(=C/C)n1c(-c2ccc(C)cc2)nc2ccc(N(CC)CCNC)nc21. The largest absolute Gasteiger partial charge is 0.356 e. The lowest BCUT2D eigenvalue weighted by Gasteiger charge is -2.22. The van der Waals surface area contributed by atoms with E-state index in [9.17, 15) is 0 Å². The number of benzene rings is 1. The maximum atomic E-state index is 5.02. The first-order valence-electron chi connectivity index (χ1n) is 10.3. The first kappa shape index (κ1) is 21.5. The third-order valence-corrected chi connectivity index (χ3v) is 5.04. The van der Waals surface area contributed by atoms with Gasteiger partial charge in [-0.2, -0.15) is 0 Å². The number of fused-ring (bicyclic) bond motifs is 1. The highest BCUT2D eigenvalue weighted by Gasteiger charge is 2.17. The molecule has 2 heterocycles. The number of imidazole rings is 1. The number of likely N-dealkylation sites (N-methyl/N-ethyl adjacent to an activating group) is 2. The average Bonchev–Trinajstić information content (AvgIpc) is 3.14. The Morgan fingerprint density at radius 1 is 1.20 bits per heavy atom. The Kier molecular flexibility index (Phi) is 7.14. The third kappa shape index (κ3) is 4.49. The van der Waals surface area contributed by atoms with Crippen molar-refractivity contribution in [3.63, 3.8) is 0 Å². The molecule has 0 radical (unpaired) electrons. The molecule has 30 heavy (non-hydrogen) atoms. The van der Waals surface area contributed by atoms with Crippen LogP contribution in [0.15, 0.2) is 59.7 Å². The molecule has 1 aromatic carbocycles. The third-order valence-electron chi connectivity index (χ3n) is 5.04. The Morgan fingerprint density at radius 2 is 1.97 bits per heavy atom. The summed E-state index contributed by atoms with van der Waals surface area (Å²) < 4.78 is 2.09. The van der Waals surface area contributed by atoms with Gasteiger partial charge in [0.2, 0.25) is 0 Å². The van der Waals surface area contributed by atoms with Crippen LogP contribution in [0.1, 0.15) is 19.4 Å². The fraction of sp³-hybridized carbons (Fsp3) is 0.292. The van der Waals surface area contributed by atoms with E-state index in [0.717, 1.165) is 53.7 Å². The van der Waals surface area contributed by atoms with Crippen LogP contribution in [0.2, 0.25) is 0 Å². The number of pyridine rings is 1. The van der Waals surface area contributed by atoms with Crippen LogP contribution in [0, 0.1) is 6.92 Å². The van der Waals surface area contributed by atoms with E-state index < -0.39 is 0 Å². The van der Waals surface area contributed by atoms with Gasteiger partial charge in [-0.05, 0) is 52.7 Å². The van der Waals surface area contributed by atoms with Crippen molar-refractivity contribution >= 4 is 29.4 Å². The highest BCUT2D eigenvalue weighted by atomic mass is 15.2. The fourth-order valence-electron chi connectivity index (χ4n) is 3.37. The molecule has 0 aliphatic heterocycles. The van der Waals surface area contributed by atoms with E-state index in [1.54, 1.807) is 6.20 Å². The number of aryl methyl sites for hydroxylation is 1. The maximum absolute atomic E-state index is 5.02. The normalized spacial score (nSPS) is 12.1. The van der Waals surface area contributed by atoms with E-state index in [-0.39, 0.29) is 0 Å². The van der Waals surface area contributed by atoms with Gasteiger partial charge in [0.25, 0.3) is 0 Å². The molecule has 0 saturated carbocycles. The van der Waals surface area contributed by atoms with Gasteiger partial charge in [0.1, 0.15) is 17.2 Å². The summed E-state index contributed by atoms with van der Waals surface area (Å²) in [4.78, 5) is 16.1. The van der Waals surface area contributed by atoms with Gasteiger partial charge in [0.15, 0.2) is 5.65 Å². The molecule has 0 unspecified atom stereocenters. The lowest BCUT2D eigenvalue weighted by molar-refractivity contribution is 0.730. The van der Waals surface area contributed by atoms with Crippen LogP contribution >= 0.6 is 0 Å². The topological polar surface area (TPSA) is 58.3 Å². The van der Waals surface area contributed by atoms with Crippen molar-refractivity contribution in [1.29, 1.82) is 0 Å². The van der Waals surface area contributed by atoms with Crippen molar-refractivity contribution in [2.24, 2.45) is 4.99 Å². The summed E-state index contributed by atoms with van der Waals surface area (Å²) >= 11 is 0. The van der Waals surface area contributed by atoms with Crippen molar-refractivity contribution in [3.05, 3.63) is 60.3 Å². The number of nitrogens with one attached hydrogen (secondary N) is 1. The molecule has 3 rings (SSSR count). The van der Waals surface area contributed by atoms with E-state index in [1.807, 2.05) is 32.2 Å². The number of aliphatic imine (C=N–C) groups is 1. The second-order valence-electron chi connectivity index (χ2n) is 7.04. The molecule has 0 aliphatic carbocycles. The van der Waals surface area contributed by atoms with E-state index in [2.05, 4.69) is 70.7 Å². The lowest BCUT2D eigenvalue weighted by atomic mass is 10.1. The minimum Gasteiger partial charge on any atom is -0.356 e. The molecule has 6 nitrogen and oxygen atoms in total. The zero-order valence-corrected chi connectivity index (χ0v) is 18.3. The van der Waals surface area contributed by atoms with Crippen molar-refractivity contribution in [3.8, 4) is 11.4 Å². The van der Waals surface area contributed by atoms with E-state index in [4.69, 9.17) is 9.97 Å². The number of anilines is 1. The monoisotopic (exact) mass is 402 g/mol. The molecule has 0 amide bonds. The van der Waals surface area contributed by atoms with Gasteiger partial charge in [0, 0.05) is 37.1 Å². The molecule has 1 N–H and O–H groups in total. The molecule has 0 atom stereocenters. The highest BCUT2D eigenvalue weighted by molar-refractivity contribution is 5.85. The standard InChI is InChI=1S/C24H30N6/c1-6-20(14-15-25-4)30-23(19-10-8-18(3)9-11-19)27-21-12-13-22(28-24(21)30)29(7-2)17-16-26-5/h6,8-15,26H,4,7,16-17H2,1-3,5H3/b15-14-,20-6+. The van der Waals surface area contributed by atoms with Gasteiger partial charge in [-0.3, -0.25) is 9.56 Å². The predicted molar refractivity (Wildman–Crippen MR) is 128 cm³/mol. The Labute approximate surface area is 178 Å². The Hall–Kier alpha value is -3.25. The van der Waals surface area contributed by atoms with E-state index in [1.165, 1.54) is 5.56 Å². The first-order valence-corrected chi connectivity index (χ1v) is 10.3. The molecule has 0 bridgehead atoms. The molecular weight excluding hydrogens is 372 g/mol. The summed E-state index contributed by atoms with van der Waals surface area (Å²) in [6, 6.07) is 12.5. The van der Waals surface area contributed by atoms with Crippen LogP contribution < -0.4 is 10.2 Å². The minimum atomic E-state index is 0.827. The maximum Gasteiger partial charge on any atom is 0.167 e. The molecule has 6 heteroatoms. The Balaban J connectivity index is 2.22. The zero-order chi connectivity index (χ0) is 21.5. The predicted octanol–water partition coefficient (Wildman–Crippen LogP) is 4.53. The molecular formula is C24H30N6. The van der Waals surface area contributed by atoms with Crippen LogP contribution in [-0.4, -0.2) is 47.9 Å². The smallest absolute Gasteiger partial charge is 0.167 e. The summed E-state index contributed by atoms with van der Waals surface area (Å²) in [5.41, 5.74) is 4.89. The second-order valence-corrected chi connectivity index (χ2v) is 7.04. The van der Waals surface area contributed by atoms with Crippen LogP contribution in [0.4, 0.5) is 5.82 Å². The molecule has 0 saturated heterocycles. The van der Waals surface area contributed by atoms with Crippen LogP contribution in [-0.2, 0) is 0 Å².